The third-order valence-corrected chi connectivity index (χ3v) is 2.92. The van der Waals surface area contributed by atoms with Crippen molar-refractivity contribution in [3.05, 3.63) is 5.89 Å². The van der Waals surface area contributed by atoms with Crippen LogP contribution in [0.1, 0.15) is 45.4 Å². The lowest BCUT2D eigenvalue weighted by atomic mass is 9.99. The van der Waals surface area contributed by atoms with Crippen LogP contribution in [0.25, 0.3) is 0 Å². The van der Waals surface area contributed by atoms with Crippen LogP contribution < -0.4 is 10.2 Å². The Morgan fingerprint density at radius 2 is 2.06 bits per heavy atom. The molecule has 0 fully saturated rings. The molecule has 0 radical (unpaired) electrons. The molecule has 5 nitrogen and oxygen atoms in total. The fourth-order valence-corrected chi connectivity index (χ4v) is 1.77. The van der Waals surface area contributed by atoms with Crippen LogP contribution in [0.5, 0.6) is 0 Å². The Hall–Kier alpha value is -1.10. The molecule has 0 saturated heterocycles. The van der Waals surface area contributed by atoms with E-state index in [-0.39, 0.29) is 5.92 Å². The monoisotopic (exact) mass is 240 g/mol. The number of hydrogen-bond acceptors (Lipinski definition) is 5. The molecule has 1 heterocycles. The summed E-state index contributed by atoms with van der Waals surface area (Å²) in [7, 11) is 3.82. The van der Waals surface area contributed by atoms with Crippen LogP contribution in [-0.2, 0) is 0 Å². The second-order valence-electron chi connectivity index (χ2n) is 4.58. The summed E-state index contributed by atoms with van der Waals surface area (Å²) in [5.41, 5.74) is 0. The predicted octanol–water partition coefficient (Wildman–Crippen LogP) is 2.02. The minimum atomic E-state index is 0.243. The van der Waals surface area contributed by atoms with E-state index in [1.807, 2.05) is 19.0 Å². The van der Waals surface area contributed by atoms with E-state index < -0.39 is 0 Å². The van der Waals surface area contributed by atoms with Crippen LogP contribution in [0.4, 0.5) is 5.95 Å². The molecule has 17 heavy (non-hydrogen) atoms. The van der Waals surface area contributed by atoms with Gasteiger partial charge in [0.05, 0.1) is 5.92 Å². The number of anilines is 1. The summed E-state index contributed by atoms with van der Waals surface area (Å²) in [6.07, 6.45) is 2.19. The molecule has 5 heteroatoms. The van der Waals surface area contributed by atoms with Gasteiger partial charge in [-0.3, -0.25) is 0 Å². The van der Waals surface area contributed by atoms with E-state index in [9.17, 15) is 0 Å². The van der Waals surface area contributed by atoms with Gasteiger partial charge in [0.2, 0.25) is 5.89 Å². The van der Waals surface area contributed by atoms with Crippen molar-refractivity contribution in [2.75, 3.05) is 25.5 Å². The lowest BCUT2D eigenvalue weighted by Gasteiger charge is -2.20. The highest BCUT2D eigenvalue weighted by molar-refractivity contribution is 5.24. The normalized spacial score (nSPS) is 14.6. The van der Waals surface area contributed by atoms with E-state index in [1.54, 1.807) is 0 Å². The first-order valence-electron chi connectivity index (χ1n) is 6.34. The van der Waals surface area contributed by atoms with Gasteiger partial charge in [-0.2, -0.15) is 4.98 Å². The lowest BCUT2D eigenvalue weighted by Crippen LogP contribution is -2.33. The highest BCUT2D eigenvalue weighted by atomic mass is 16.5. The van der Waals surface area contributed by atoms with E-state index in [2.05, 4.69) is 36.2 Å². The molecule has 0 aliphatic rings. The summed E-state index contributed by atoms with van der Waals surface area (Å²) in [6, 6.07) is 0.394. The van der Waals surface area contributed by atoms with Crippen molar-refractivity contribution in [1.82, 2.24) is 15.5 Å². The molecule has 0 amide bonds. The van der Waals surface area contributed by atoms with Crippen molar-refractivity contribution < 1.29 is 4.52 Å². The van der Waals surface area contributed by atoms with Gasteiger partial charge in [-0.05, 0) is 24.5 Å². The van der Waals surface area contributed by atoms with Crippen LogP contribution in [-0.4, -0.2) is 36.8 Å². The van der Waals surface area contributed by atoms with Crippen molar-refractivity contribution >= 4 is 5.95 Å². The lowest BCUT2D eigenvalue weighted by molar-refractivity contribution is 0.319. The van der Waals surface area contributed by atoms with Crippen LogP contribution in [0.15, 0.2) is 4.52 Å². The summed E-state index contributed by atoms with van der Waals surface area (Å²) in [4.78, 5) is 6.24. The van der Waals surface area contributed by atoms with Crippen LogP contribution >= 0.6 is 0 Å². The standard InChI is InChI=1S/C12H24N4O/c1-6-8-13-10(7-2)9(3)11-14-12(15-17-11)16(4)5/h9-10,13H,6-8H2,1-5H3. The zero-order valence-corrected chi connectivity index (χ0v) is 11.5. The Morgan fingerprint density at radius 3 is 2.53 bits per heavy atom. The number of rotatable bonds is 7. The molecule has 1 rings (SSSR count). The van der Waals surface area contributed by atoms with Gasteiger partial charge in [-0.25, -0.2) is 0 Å². The molecule has 1 aromatic rings. The number of aromatic nitrogens is 2. The van der Waals surface area contributed by atoms with Gasteiger partial charge in [0.1, 0.15) is 0 Å². The van der Waals surface area contributed by atoms with Gasteiger partial charge in [0.15, 0.2) is 0 Å². The highest BCUT2D eigenvalue weighted by Crippen LogP contribution is 2.21. The Bertz CT molecular complexity index is 324. The van der Waals surface area contributed by atoms with Gasteiger partial charge in [0, 0.05) is 20.1 Å². The van der Waals surface area contributed by atoms with Crippen LogP contribution in [0, 0.1) is 0 Å². The Kier molecular flexibility index (Phi) is 5.41. The van der Waals surface area contributed by atoms with Crippen molar-refractivity contribution in [3.63, 3.8) is 0 Å². The summed E-state index contributed by atoms with van der Waals surface area (Å²) < 4.78 is 5.31. The molecule has 0 aromatic carbocycles. The Balaban J connectivity index is 2.68. The zero-order valence-electron chi connectivity index (χ0n) is 11.5. The fourth-order valence-electron chi connectivity index (χ4n) is 1.77. The summed E-state index contributed by atoms with van der Waals surface area (Å²) in [5, 5.41) is 7.46. The predicted molar refractivity (Wildman–Crippen MR) is 69.4 cm³/mol. The molecule has 2 atom stereocenters. The average Bonchev–Trinajstić information content (AvgIpc) is 2.79. The molecular weight excluding hydrogens is 216 g/mol. The van der Waals surface area contributed by atoms with E-state index in [0.29, 0.717) is 17.9 Å². The maximum absolute atomic E-state index is 5.31. The second-order valence-corrected chi connectivity index (χ2v) is 4.58. The first-order chi connectivity index (χ1) is 8.10. The molecule has 0 spiro atoms. The topological polar surface area (TPSA) is 54.2 Å². The van der Waals surface area contributed by atoms with Crippen molar-refractivity contribution in [2.45, 2.75) is 45.6 Å². The highest BCUT2D eigenvalue weighted by Gasteiger charge is 2.22. The third-order valence-electron chi connectivity index (χ3n) is 2.92. The van der Waals surface area contributed by atoms with E-state index >= 15 is 0 Å². The minimum Gasteiger partial charge on any atom is -0.344 e. The first-order valence-corrected chi connectivity index (χ1v) is 6.34. The van der Waals surface area contributed by atoms with E-state index in [1.165, 1.54) is 0 Å². The minimum absolute atomic E-state index is 0.243. The third kappa shape index (κ3) is 3.70. The summed E-state index contributed by atoms with van der Waals surface area (Å²) >= 11 is 0. The van der Waals surface area contributed by atoms with Crippen molar-refractivity contribution in [3.8, 4) is 0 Å². The molecule has 0 bridgehead atoms. The quantitative estimate of drug-likeness (QED) is 0.790. The van der Waals surface area contributed by atoms with Gasteiger partial charge in [-0.1, -0.05) is 20.8 Å². The summed E-state index contributed by atoms with van der Waals surface area (Å²) in [6.45, 7) is 7.50. The van der Waals surface area contributed by atoms with Gasteiger partial charge >= 0.3 is 0 Å². The Morgan fingerprint density at radius 1 is 1.35 bits per heavy atom. The number of hydrogen-bond donors (Lipinski definition) is 1. The second kappa shape index (κ2) is 6.59. The molecule has 0 saturated carbocycles. The van der Waals surface area contributed by atoms with Crippen molar-refractivity contribution in [2.24, 2.45) is 0 Å². The molecular formula is C12H24N4O. The molecule has 1 aromatic heterocycles. The maximum Gasteiger partial charge on any atom is 0.265 e. The van der Waals surface area contributed by atoms with Gasteiger partial charge in [0.25, 0.3) is 5.95 Å². The number of nitrogens with zero attached hydrogens (tertiary/aromatic N) is 3. The smallest absolute Gasteiger partial charge is 0.265 e. The fraction of sp³-hybridized carbons (Fsp3) is 0.833. The summed E-state index contributed by atoms with van der Waals surface area (Å²) in [5.74, 6) is 1.59. The van der Waals surface area contributed by atoms with E-state index in [0.717, 1.165) is 19.4 Å². The maximum atomic E-state index is 5.31. The largest absolute Gasteiger partial charge is 0.344 e. The number of nitrogens with one attached hydrogen (secondary N) is 1. The van der Waals surface area contributed by atoms with E-state index in [4.69, 9.17) is 4.52 Å². The molecule has 98 valence electrons. The van der Waals surface area contributed by atoms with Crippen LogP contribution in [0.2, 0.25) is 0 Å². The first kappa shape index (κ1) is 14.0. The molecule has 2 unspecified atom stereocenters. The zero-order chi connectivity index (χ0) is 12.8. The van der Waals surface area contributed by atoms with Crippen LogP contribution in [0.3, 0.4) is 0 Å². The molecule has 0 aliphatic heterocycles. The Labute approximate surface area is 104 Å². The average molecular weight is 240 g/mol. The van der Waals surface area contributed by atoms with Gasteiger partial charge < -0.3 is 14.7 Å². The SMILES string of the molecule is CCCNC(CC)C(C)c1nc(N(C)C)no1. The molecule has 0 aliphatic carbocycles. The molecule has 1 N–H and O–H groups in total. The van der Waals surface area contributed by atoms with Gasteiger partial charge in [-0.15, -0.1) is 0 Å². The van der Waals surface area contributed by atoms with Crippen molar-refractivity contribution in [1.29, 1.82) is 0 Å².